The molecule has 3 N–H and O–H groups in total. The fraction of sp³-hybridized carbons (Fsp3) is 0.500. The topological polar surface area (TPSA) is 88.6 Å². The van der Waals surface area contributed by atoms with E-state index in [9.17, 15) is 19.1 Å². The van der Waals surface area contributed by atoms with Crippen molar-refractivity contribution < 1.29 is 18.7 Å². The minimum atomic E-state index is -1.40. The monoisotopic (exact) mass is 389 g/mol. The number of anilines is 1. The Bertz CT molecular complexity index is 1090. The minimum Gasteiger partial charge on any atom is -0.477 e. The molecule has 3 aliphatic rings. The summed E-state index contributed by atoms with van der Waals surface area (Å²) in [6.07, 6.45) is 3.56. The molecule has 0 amide bonds. The van der Waals surface area contributed by atoms with Gasteiger partial charge in [0, 0.05) is 36.8 Å². The highest BCUT2D eigenvalue weighted by molar-refractivity contribution is 5.94. The van der Waals surface area contributed by atoms with Crippen molar-refractivity contribution in [1.82, 2.24) is 4.57 Å². The average molecular weight is 389 g/mol. The van der Waals surface area contributed by atoms with Crippen molar-refractivity contribution >= 4 is 22.6 Å². The van der Waals surface area contributed by atoms with Gasteiger partial charge < -0.3 is 20.3 Å². The van der Waals surface area contributed by atoms with Crippen molar-refractivity contribution in [2.75, 3.05) is 18.0 Å². The van der Waals surface area contributed by atoms with Crippen LogP contribution in [0.4, 0.5) is 14.5 Å². The molecule has 6 nitrogen and oxygen atoms in total. The zero-order valence-corrected chi connectivity index (χ0v) is 15.4. The molecule has 1 aromatic heterocycles. The molecule has 28 heavy (non-hydrogen) atoms. The Kier molecular flexibility index (Phi) is 3.48. The first-order valence-electron chi connectivity index (χ1n) is 9.53. The Balaban J connectivity index is 1.73. The maximum Gasteiger partial charge on any atom is 0.341 e. The van der Waals surface area contributed by atoms with E-state index in [0.29, 0.717) is 13.1 Å². The lowest BCUT2D eigenvalue weighted by molar-refractivity contribution is 0.0694. The molecule has 0 radical (unpaired) electrons. The molecule has 5 rings (SSSR count). The van der Waals surface area contributed by atoms with E-state index in [4.69, 9.17) is 5.73 Å². The summed E-state index contributed by atoms with van der Waals surface area (Å²) in [6, 6.07) is 0.927. The number of carboxylic acid groups (broad SMARTS) is 1. The molecule has 2 heterocycles. The second-order valence-electron chi connectivity index (χ2n) is 8.66. The summed E-state index contributed by atoms with van der Waals surface area (Å²) >= 11 is 0. The highest BCUT2D eigenvalue weighted by atomic mass is 19.1. The number of rotatable bonds is 3. The summed E-state index contributed by atoms with van der Waals surface area (Å²) in [5, 5.41) is 9.09. The quantitative estimate of drug-likeness (QED) is 0.842. The van der Waals surface area contributed by atoms with Crippen LogP contribution in [0.5, 0.6) is 0 Å². The van der Waals surface area contributed by atoms with E-state index >= 15 is 4.39 Å². The van der Waals surface area contributed by atoms with E-state index in [1.807, 2.05) is 6.92 Å². The Morgan fingerprint density at radius 2 is 2.07 bits per heavy atom. The molecule has 3 atom stereocenters. The van der Waals surface area contributed by atoms with Crippen LogP contribution < -0.4 is 16.1 Å². The Morgan fingerprint density at radius 3 is 2.64 bits per heavy atom. The van der Waals surface area contributed by atoms with Crippen molar-refractivity contribution in [3.05, 3.63) is 39.7 Å². The highest BCUT2D eigenvalue weighted by Crippen LogP contribution is 2.52. The summed E-state index contributed by atoms with van der Waals surface area (Å²) < 4.78 is 32.1. The number of benzene rings is 1. The fourth-order valence-corrected chi connectivity index (χ4v) is 4.94. The molecule has 1 aliphatic heterocycles. The zero-order valence-electron chi connectivity index (χ0n) is 15.4. The van der Waals surface area contributed by atoms with E-state index < -0.39 is 28.6 Å². The first-order chi connectivity index (χ1) is 13.2. The van der Waals surface area contributed by atoms with Crippen LogP contribution in [0.2, 0.25) is 0 Å². The van der Waals surface area contributed by atoms with E-state index in [-0.39, 0.29) is 40.0 Å². The Labute approximate surface area is 159 Å². The molecule has 2 aromatic rings. The first-order valence-corrected chi connectivity index (χ1v) is 9.53. The second-order valence-corrected chi connectivity index (χ2v) is 8.66. The lowest BCUT2D eigenvalue weighted by Gasteiger charge is -2.47. The number of carboxylic acids is 1. The average Bonchev–Trinajstić information content (AvgIpc) is 3.43. The number of hydrogen-bond donors (Lipinski definition) is 2. The number of pyridine rings is 1. The Morgan fingerprint density at radius 1 is 1.36 bits per heavy atom. The smallest absolute Gasteiger partial charge is 0.341 e. The van der Waals surface area contributed by atoms with Crippen molar-refractivity contribution in [3.63, 3.8) is 0 Å². The number of aromatic nitrogens is 1. The standard InChI is InChI=1S/C20H21F2N3O3/c1-20-8-24(6-9(20)4-14(20)23)17-13(21)5-11-16(15(17)22)25(10-2-3-10)7-12(18(11)26)19(27)28/h5,7,9-10,14H,2-4,6,8,23H2,1H3,(H,27,28). The van der Waals surface area contributed by atoms with E-state index in [1.165, 1.54) is 10.8 Å². The molecule has 2 aliphatic carbocycles. The predicted octanol–water partition coefficient (Wildman–Crippen LogP) is 2.49. The SMILES string of the molecule is CC12CN(c3c(F)cc4c(=O)c(C(=O)O)cn(C5CC5)c4c3F)CC1CC2N. The molecule has 1 aromatic carbocycles. The number of nitrogens with zero attached hydrogens (tertiary/aromatic N) is 2. The summed E-state index contributed by atoms with van der Waals surface area (Å²) in [7, 11) is 0. The van der Waals surface area contributed by atoms with Gasteiger partial charge in [0.15, 0.2) is 5.82 Å². The zero-order chi connectivity index (χ0) is 20.0. The van der Waals surface area contributed by atoms with Gasteiger partial charge in [0.1, 0.15) is 17.1 Å². The van der Waals surface area contributed by atoms with Gasteiger partial charge in [0.2, 0.25) is 5.43 Å². The Hall–Kier alpha value is -2.48. The van der Waals surface area contributed by atoms with Gasteiger partial charge in [-0.15, -0.1) is 0 Å². The molecular formula is C20H21F2N3O3. The third kappa shape index (κ3) is 2.21. The third-order valence-electron chi connectivity index (χ3n) is 6.96. The van der Waals surface area contributed by atoms with Gasteiger partial charge >= 0.3 is 5.97 Å². The van der Waals surface area contributed by atoms with Gasteiger partial charge in [-0.05, 0) is 31.2 Å². The molecule has 148 valence electrons. The van der Waals surface area contributed by atoms with Crippen molar-refractivity contribution in [1.29, 1.82) is 0 Å². The van der Waals surface area contributed by atoms with Crippen molar-refractivity contribution in [2.24, 2.45) is 17.1 Å². The van der Waals surface area contributed by atoms with Gasteiger partial charge in [-0.25, -0.2) is 13.6 Å². The van der Waals surface area contributed by atoms with Crippen LogP contribution in [0.3, 0.4) is 0 Å². The molecule has 8 heteroatoms. The third-order valence-corrected chi connectivity index (χ3v) is 6.96. The van der Waals surface area contributed by atoms with Crippen molar-refractivity contribution in [3.8, 4) is 0 Å². The van der Waals surface area contributed by atoms with Crippen LogP contribution in [-0.2, 0) is 0 Å². The van der Waals surface area contributed by atoms with E-state index in [2.05, 4.69) is 0 Å². The molecule has 0 bridgehead atoms. The van der Waals surface area contributed by atoms with Gasteiger partial charge in [0.25, 0.3) is 0 Å². The molecule has 3 unspecified atom stereocenters. The summed E-state index contributed by atoms with van der Waals surface area (Å²) in [5.41, 5.74) is 4.47. The van der Waals surface area contributed by atoms with Crippen LogP contribution >= 0.6 is 0 Å². The summed E-state index contributed by atoms with van der Waals surface area (Å²) in [6.45, 7) is 3.02. The number of fused-ring (bicyclic) bond motifs is 2. The van der Waals surface area contributed by atoms with Gasteiger partial charge in [-0.3, -0.25) is 4.79 Å². The molecule has 0 spiro atoms. The van der Waals surface area contributed by atoms with Crippen molar-refractivity contribution in [2.45, 2.75) is 38.3 Å². The lowest BCUT2D eigenvalue weighted by Crippen LogP contribution is -2.55. The summed E-state index contributed by atoms with van der Waals surface area (Å²) in [5.74, 6) is -2.75. The van der Waals surface area contributed by atoms with E-state index in [0.717, 1.165) is 25.3 Å². The largest absolute Gasteiger partial charge is 0.477 e. The maximum absolute atomic E-state index is 15.6. The number of halogens is 2. The lowest BCUT2D eigenvalue weighted by atomic mass is 9.60. The van der Waals surface area contributed by atoms with Crippen LogP contribution in [0.15, 0.2) is 17.1 Å². The van der Waals surface area contributed by atoms with Crippen LogP contribution in [-0.4, -0.2) is 34.8 Å². The molecular weight excluding hydrogens is 368 g/mol. The number of aromatic carboxylic acids is 1. The first kappa shape index (κ1) is 17.6. The fourth-order valence-electron chi connectivity index (χ4n) is 4.94. The van der Waals surface area contributed by atoms with Gasteiger partial charge in [0.05, 0.1) is 10.9 Å². The predicted molar refractivity (Wildman–Crippen MR) is 99.8 cm³/mol. The highest BCUT2D eigenvalue weighted by Gasteiger charge is 2.55. The van der Waals surface area contributed by atoms with Gasteiger partial charge in [-0.1, -0.05) is 6.92 Å². The molecule has 2 saturated carbocycles. The molecule has 3 fully saturated rings. The van der Waals surface area contributed by atoms with Crippen LogP contribution in [0, 0.1) is 23.0 Å². The minimum absolute atomic E-state index is 0.0110. The number of carbonyl (C=O) groups is 1. The van der Waals surface area contributed by atoms with Crippen LogP contribution in [0.1, 0.15) is 42.6 Å². The number of nitrogens with two attached hydrogens (primary N) is 1. The normalized spacial score (nSPS) is 29.1. The number of hydrogen-bond acceptors (Lipinski definition) is 4. The molecule has 1 saturated heterocycles. The van der Waals surface area contributed by atoms with Gasteiger partial charge in [-0.2, -0.15) is 0 Å². The maximum atomic E-state index is 15.6. The van der Waals surface area contributed by atoms with E-state index in [1.54, 1.807) is 4.90 Å². The summed E-state index contributed by atoms with van der Waals surface area (Å²) in [4.78, 5) is 25.7. The second kappa shape index (κ2) is 5.53. The van der Waals surface area contributed by atoms with Crippen LogP contribution in [0.25, 0.3) is 10.9 Å².